The van der Waals surface area contributed by atoms with E-state index in [1.807, 2.05) is 0 Å². The summed E-state index contributed by atoms with van der Waals surface area (Å²) in [7, 11) is 0. The SMILES string of the molecule is CC(C)(C)C1CCN(c2nc(Cl)nc(Cl)n2)C1. The molecule has 1 aromatic rings. The zero-order chi connectivity index (χ0) is 12.6. The normalized spacial score (nSPS) is 21.0. The summed E-state index contributed by atoms with van der Waals surface area (Å²) in [5.74, 6) is 1.22. The molecule has 2 heterocycles. The third-order valence-corrected chi connectivity index (χ3v) is 3.60. The molecule has 4 nitrogen and oxygen atoms in total. The van der Waals surface area contributed by atoms with Gasteiger partial charge in [0.15, 0.2) is 0 Å². The van der Waals surface area contributed by atoms with Crippen LogP contribution in [0.4, 0.5) is 5.95 Å². The Labute approximate surface area is 111 Å². The van der Waals surface area contributed by atoms with Crippen LogP contribution in [0.3, 0.4) is 0 Å². The van der Waals surface area contributed by atoms with E-state index < -0.39 is 0 Å². The summed E-state index contributed by atoms with van der Waals surface area (Å²) in [6.07, 6.45) is 1.14. The van der Waals surface area contributed by atoms with Crippen molar-refractivity contribution in [3.8, 4) is 0 Å². The number of nitrogens with zero attached hydrogens (tertiary/aromatic N) is 4. The summed E-state index contributed by atoms with van der Waals surface area (Å²) in [5.41, 5.74) is 0.301. The minimum Gasteiger partial charge on any atom is -0.340 e. The van der Waals surface area contributed by atoms with Crippen LogP contribution in [-0.4, -0.2) is 28.0 Å². The lowest BCUT2D eigenvalue weighted by atomic mass is 9.80. The second kappa shape index (κ2) is 4.58. The molecule has 0 bridgehead atoms. The second-order valence-electron chi connectivity index (χ2n) is 5.47. The van der Waals surface area contributed by atoms with Crippen molar-refractivity contribution in [2.75, 3.05) is 18.0 Å². The number of rotatable bonds is 1. The molecule has 94 valence electrons. The average molecular weight is 275 g/mol. The van der Waals surface area contributed by atoms with E-state index >= 15 is 0 Å². The van der Waals surface area contributed by atoms with Gasteiger partial charge in [-0.25, -0.2) is 0 Å². The maximum Gasteiger partial charge on any atom is 0.230 e. The van der Waals surface area contributed by atoms with E-state index in [4.69, 9.17) is 23.2 Å². The van der Waals surface area contributed by atoms with Crippen molar-refractivity contribution in [2.45, 2.75) is 27.2 Å². The van der Waals surface area contributed by atoms with Crippen LogP contribution in [0.5, 0.6) is 0 Å². The standard InChI is InChI=1S/C11H16Cl2N4/c1-11(2,3)7-4-5-17(6-7)10-15-8(12)14-9(13)16-10/h7H,4-6H2,1-3H3. The molecule has 1 saturated heterocycles. The van der Waals surface area contributed by atoms with E-state index in [0.29, 0.717) is 17.3 Å². The fourth-order valence-corrected chi connectivity index (χ4v) is 2.46. The fourth-order valence-electron chi connectivity index (χ4n) is 2.11. The largest absolute Gasteiger partial charge is 0.340 e. The minimum absolute atomic E-state index is 0.152. The number of hydrogen-bond acceptors (Lipinski definition) is 4. The zero-order valence-corrected chi connectivity index (χ0v) is 11.8. The van der Waals surface area contributed by atoms with Gasteiger partial charge in [-0.2, -0.15) is 15.0 Å². The van der Waals surface area contributed by atoms with Crippen LogP contribution >= 0.6 is 23.2 Å². The van der Waals surface area contributed by atoms with Crippen LogP contribution in [0.2, 0.25) is 10.6 Å². The number of anilines is 1. The van der Waals surface area contributed by atoms with Gasteiger partial charge in [-0.15, -0.1) is 0 Å². The lowest BCUT2D eigenvalue weighted by molar-refractivity contribution is 0.263. The summed E-state index contributed by atoms with van der Waals surface area (Å²) in [6, 6.07) is 0. The van der Waals surface area contributed by atoms with Crippen LogP contribution in [0.15, 0.2) is 0 Å². The molecule has 2 rings (SSSR count). The van der Waals surface area contributed by atoms with E-state index in [1.165, 1.54) is 0 Å². The molecule has 0 N–H and O–H groups in total. The number of halogens is 2. The molecule has 0 radical (unpaired) electrons. The maximum atomic E-state index is 5.78. The molecule has 0 aliphatic carbocycles. The second-order valence-corrected chi connectivity index (χ2v) is 6.15. The number of hydrogen-bond donors (Lipinski definition) is 0. The Balaban J connectivity index is 2.15. The van der Waals surface area contributed by atoms with Gasteiger partial charge in [0.05, 0.1) is 0 Å². The molecule has 1 fully saturated rings. The number of aromatic nitrogens is 3. The van der Waals surface area contributed by atoms with Crippen molar-refractivity contribution in [1.29, 1.82) is 0 Å². The van der Waals surface area contributed by atoms with Gasteiger partial charge < -0.3 is 4.90 Å². The van der Waals surface area contributed by atoms with Gasteiger partial charge in [-0.3, -0.25) is 0 Å². The van der Waals surface area contributed by atoms with Gasteiger partial charge >= 0.3 is 0 Å². The van der Waals surface area contributed by atoms with Crippen LogP contribution < -0.4 is 4.90 Å². The van der Waals surface area contributed by atoms with E-state index in [2.05, 4.69) is 40.6 Å². The highest BCUT2D eigenvalue weighted by Crippen LogP contribution is 2.34. The van der Waals surface area contributed by atoms with Crippen LogP contribution in [0.1, 0.15) is 27.2 Å². The van der Waals surface area contributed by atoms with Crippen LogP contribution in [0, 0.1) is 11.3 Å². The molecule has 1 atom stereocenters. The van der Waals surface area contributed by atoms with Crippen molar-refractivity contribution in [3.63, 3.8) is 0 Å². The highest BCUT2D eigenvalue weighted by atomic mass is 35.5. The molecule has 0 amide bonds. The summed E-state index contributed by atoms with van der Waals surface area (Å²) < 4.78 is 0. The van der Waals surface area contributed by atoms with Gasteiger partial charge in [0, 0.05) is 13.1 Å². The van der Waals surface area contributed by atoms with Crippen molar-refractivity contribution >= 4 is 29.2 Å². The van der Waals surface area contributed by atoms with Gasteiger partial charge in [0.25, 0.3) is 0 Å². The highest BCUT2D eigenvalue weighted by molar-refractivity contribution is 6.31. The molecule has 1 aliphatic heterocycles. The Morgan fingerprint density at radius 2 is 1.71 bits per heavy atom. The predicted octanol–water partition coefficient (Wildman–Crippen LogP) is 3.05. The average Bonchev–Trinajstić information content (AvgIpc) is 2.63. The maximum absolute atomic E-state index is 5.78. The lowest BCUT2D eigenvalue weighted by Gasteiger charge is -2.26. The Morgan fingerprint density at radius 3 is 2.18 bits per heavy atom. The summed E-state index contributed by atoms with van der Waals surface area (Å²) in [6.45, 7) is 8.66. The third-order valence-electron chi connectivity index (χ3n) is 3.26. The molecule has 1 unspecified atom stereocenters. The topological polar surface area (TPSA) is 41.9 Å². The molecule has 0 saturated carbocycles. The Morgan fingerprint density at radius 1 is 1.12 bits per heavy atom. The monoisotopic (exact) mass is 274 g/mol. The fraction of sp³-hybridized carbons (Fsp3) is 0.727. The first-order valence-corrected chi connectivity index (χ1v) is 6.44. The van der Waals surface area contributed by atoms with Crippen molar-refractivity contribution in [2.24, 2.45) is 11.3 Å². The molecular formula is C11H16Cl2N4. The first kappa shape index (κ1) is 12.8. The predicted molar refractivity (Wildman–Crippen MR) is 69.6 cm³/mol. The van der Waals surface area contributed by atoms with E-state index in [-0.39, 0.29) is 10.6 Å². The Bertz CT molecular complexity index is 396. The third kappa shape index (κ3) is 2.99. The van der Waals surface area contributed by atoms with Crippen LogP contribution in [0.25, 0.3) is 0 Å². The van der Waals surface area contributed by atoms with Gasteiger partial charge in [-0.05, 0) is 41.0 Å². The first-order valence-electron chi connectivity index (χ1n) is 5.68. The van der Waals surface area contributed by atoms with Crippen molar-refractivity contribution < 1.29 is 0 Å². The molecule has 6 heteroatoms. The molecule has 1 aromatic heterocycles. The zero-order valence-electron chi connectivity index (χ0n) is 10.2. The molecule has 0 spiro atoms. The molecule has 0 aromatic carbocycles. The summed E-state index contributed by atoms with van der Waals surface area (Å²) in [4.78, 5) is 14.1. The quantitative estimate of drug-likeness (QED) is 0.790. The van der Waals surface area contributed by atoms with Crippen molar-refractivity contribution in [3.05, 3.63) is 10.6 Å². The minimum atomic E-state index is 0.152. The summed E-state index contributed by atoms with van der Waals surface area (Å²) in [5, 5.41) is 0.304. The van der Waals surface area contributed by atoms with E-state index in [1.54, 1.807) is 0 Å². The molecule has 1 aliphatic rings. The highest BCUT2D eigenvalue weighted by Gasteiger charge is 2.33. The van der Waals surface area contributed by atoms with Gasteiger partial charge in [0.2, 0.25) is 16.5 Å². The van der Waals surface area contributed by atoms with Crippen LogP contribution in [-0.2, 0) is 0 Å². The van der Waals surface area contributed by atoms with E-state index in [9.17, 15) is 0 Å². The lowest BCUT2D eigenvalue weighted by Crippen LogP contribution is -2.27. The summed E-state index contributed by atoms with van der Waals surface area (Å²) >= 11 is 11.6. The smallest absolute Gasteiger partial charge is 0.230 e. The Hall–Kier alpha value is -0.610. The Kier molecular flexibility index (Phi) is 3.46. The van der Waals surface area contributed by atoms with Gasteiger partial charge in [0.1, 0.15) is 0 Å². The molecule has 17 heavy (non-hydrogen) atoms. The first-order chi connectivity index (χ1) is 7.86. The van der Waals surface area contributed by atoms with Gasteiger partial charge in [-0.1, -0.05) is 20.8 Å². The van der Waals surface area contributed by atoms with Crippen molar-refractivity contribution in [1.82, 2.24) is 15.0 Å². The molecular weight excluding hydrogens is 259 g/mol. The van der Waals surface area contributed by atoms with E-state index in [0.717, 1.165) is 19.5 Å².